The van der Waals surface area contributed by atoms with Crippen molar-refractivity contribution in [1.82, 2.24) is 10.6 Å². The summed E-state index contributed by atoms with van der Waals surface area (Å²) < 4.78 is 0. The van der Waals surface area contributed by atoms with E-state index in [-0.39, 0.29) is 6.29 Å². The molecule has 0 aliphatic rings. The molecule has 5 heteroatoms. The Kier molecular flexibility index (Phi) is 6.39. The van der Waals surface area contributed by atoms with Crippen LogP contribution in [0.25, 0.3) is 0 Å². The number of unbranched alkanes of at least 4 members (excludes halogenated alkanes) is 1. The van der Waals surface area contributed by atoms with Crippen molar-refractivity contribution >= 4 is 0 Å². The Morgan fingerprint density at radius 2 is 1.91 bits per heavy atom. The molecule has 0 heterocycles. The molecule has 0 radical (unpaired) electrons. The van der Waals surface area contributed by atoms with Gasteiger partial charge in [0, 0.05) is 0 Å². The van der Waals surface area contributed by atoms with Crippen molar-refractivity contribution in [1.29, 1.82) is 0 Å². The first kappa shape index (κ1) is 10.8. The number of rotatable bonds is 6. The van der Waals surface area contributed by atoms with E-state index < -0.39 is 6.29 Å². The number of nitrogens with one attached hydrogen (secondary N) is 2. The topological polar surface area (TPSA) is 102 Å². The van der Waals surface area contributed by atoms with Gasteiger partial charge in [-0.3, -0.25) is 10.6 Å². The van der Waals surface area contributed by atoms with Gasteiger partial charge in [-0.25, -0.2) is 0 Å². The molecule has 0 fully saturated rings. The third-order valence-electron chi connectivity index (χ3n) is 1.27. The minimum atomic E-state index is -0.556. The first-order chi connectivity index (χ1) is 5.16. The highest BCUT2D eigenvalue weighted by Crippen LogP contribution is 1.81. The standard InChI is InChI=1S/C6H19N5/c1-2-3-4-10-6(9)11-5(7)8/h5-6,10-11H,2-4,7-9H2,1H3. The summed E-state index contributed by atoms with van der Waals surface area (Å²) in [4.78, 5) is 0. The molecular weight excluding hydrogens is 142 g/mol. The van der Waals surface area contributed by atoms with Crippen LogP contribution in [0.2, 0.25) is 0 Å². The van der Waals surface area contributed by atoms with E-state index in [2.05, 4.69) is 17.6 Å². The molecule has 5 nitrogen and oxygen atoms in total. The van der Waals surface area contributed by atoms with Crippen LogP contribution in [-0.2, 0) is 0 Å². The van der Waals surface area contributed by atoms with Gasteiger partial charge in [-0.1, -0.05) is 13.3 Å². The molecule has 1 atom stereocenters. The number of hydrogen-bond donors (Lipinski definition) is 5. The van der Waals surface area contributed by atoms with Crippen LogP contribution in [0.15, 0.2) is 0 Å². The van der Waals surface area contributed by atoms with Crippen LogP contribution in [0.3, 0.4) is 0 Å². The fourth-order valence-electron chi connectivity index (χ4n) is 0.701. The number of nitrogens with two attached hydrogens (primary N) is 3. The van der Waals surface area contributed by atoms with Crippen LogP contribution < -0.4 is 27.8 Å². The first-order valence-corrected chi connectivity index (χ1v) is 3.93. The van der Waals surface area contributed by atoms with Gasteiger partial charge in [0.2, 0.25) is 0 Å². The summed E-state index contributed by atoms with van der Waals surface area (Å²) in [6.45, 7) is 3.01. The van der Waals surface area contributed by atoms with Crippen LogP contribution in [0.4, 0.5) is 0 Å². The Bertz CT molecular complexity index is 85.0. The predicted octanol–water partition coefficient (Wildman–Crippen LogP) is -1.59. The lowest BCUT2D eigenvalue weighted by Crippen LogP contribution is -2.59. The molecule has 0 aromatic rings. The highest BCUT2D eigenvalue weighted by molar-refractivity contribution is 4.57. The third-order valence-corrected chi connectivity index (χ3v) is 1.27. The van der Waals surface area contributed by atoms with Gasteiger partial charge in [0.15, 0.2) is 0 Å². The molecule has 0 aromatic carbocycles. The molecule has 68 valence electrons. The first-order valence-electron chi connectivity index (χ1n) is 3.93. The second kappa shape index (κ2) is 6.51. The summed E-state index contributed by atoms with van der Waals surface area (Å²) in [5.41, 5.74) is 16.0. The minimum Gasteiger partial charge on any atom is -0.304 e. The molecule has 0 rings (SSSR count). The molecule has 8 N–H and O–H groups in total. The quantitative estimate of drug-likeness (QED) is 0.239. The predicted molar refractivity (Wildman–Crippen MR) is 46.2 cm³/mol. The van der Waals surface area contributed by atoms with Crippen LogP contribution in [0, 0.1) is 0 Å². The fraction of sp³-hybridized carbons (Fsp3) is 1.00. The van der Waals surface area contributed by atoms with Crippen molar-refractivity contribution in [3.05, 3.63) is 0 Å². The van der Waals surface area contributed by atoms with Gasteiger partial charge in [-0.15, -0.1) is 0 Å². The van der Waals surface area contributed by atoms with Crippen LogP contribution in [-0.4, -0.2) is 19.1 Å². The monoisotopic (exact) mass is 161 g/mol. The lowest BCUT2D eigenvalue weighted by atomic mass is 10.3. The molecule has 0 bridgehead atoms. The lowest BCUT2D eigenvalue weighted by Gasteiger charge is -2.17. The fourth-order valence-corrected chi connectivity index (χ4v) is 0.701. The van der Waals surface area contributed by atoms with Crippen molar-refractivity contribution in [3.8, 4) is 0 Å². The summed E-state index contributed by atoms with van der Waals surface area (Å²) in [7, 11) is 0. The maximum Gasteiger partial charge on any atom is 0.111 e. The smallest absolute Gasteiger partial charge is 0.111 e. The van der Waals surface area contributed by atoms with Gasteiger partial charge >= 0.3 is 0 Å². The van der Waals surface area contributed by atoms with E-state index >= 15 is 0 Å². The lowest BCUT2D eigenvalue weighted by molar-refractivity contribution is 0.384. The van der Waals surface area contributed by atoms with E-state index in [0.717, 1.165) is 19.4 Å². The van der Waals surface area contributed by atoms with Gasteiger partial charge in [0.1, 0.15) is 12.6 Å². The van der Waals surface area contributed by atoms with E-state index in [1.807, 2.05) is 0 Å². The summed E-state index contributed by atoms with van der Waals surface area (Å²) in [6.07, 6.45) is 1.39. The average Bonchev–Trinajstić information content (AvgIpc) is 1.86. The summed E-state index contributed by atoms with van der Waals surface area (Å²) in [6, 6.07) is 0. The molecule has 0 saturated carbocycles. The van der Waals surface area contributed by atoms with Crippen molar-refractivity contribution in [3.63, 3.8) is 0 Å². The number of hydrogen-bond acceptors (Lipinski definition) is 5. The molecule has 11 heavy (non-hydrogen) atoms. The molecule has 1 unspecified atom stereocenters. The largest absolute Gasteiger partial charge is 0.304 e. The van der Waals surface area contributed by atoms with Crippen molar-refractivity contribution < 1.29 is 0 Å². The van der Waals surface area contributed by atoms with Crippen LogP contribution in [0.5, 0.6) is 0 Å². The molecule has 0 saturated heterocycles. The summed E-state index contributed by atoms with van der Waals surface area (Å²) in [5.74, 6) is 0. The molecule has 0 aliphatic carbocycles. The maximum atomic E-state index is 5.53. The highest BCUT2D eigenvalue weighted by atomic mass is 15.3. The van der Waals surface area contributed by atoms with Crippen LogP contribution in [0.1, 0.15) is 19.8 Å². The summed E-state index contributed by atoms with van der Waals surface area (Å²) >= 11 is 0. The zero-order chi connectivity index (χ0) is 8.69. The normalized spacial score (nSPS) is 13.9. The van der Waals surface area contributed by atoms with Gasteiger partial charge in [-0.05, 0) is 13.0 Å². The third kappa shape index (κ3) is 7.70. The zero-order valence-corrected chi connectivity index (χ0v) is 7.01. The van der Waals surface area contributed by atoms with Crippen molar-refractivity contribution in [2.24, 2.45) is 17.2 Å². The molecule has 0 spiro atoms. The second-order valence-electron chi connectivity index (χ2n) is 2.48. The van der Waals surface area contributed by atoms with E-state index in [9.17, 15) is 0 Å². The Balaban J connectivity index is 3.15. The Labute approximate surface area is 67.7 Å². The second-order valence-corrected chi connectivity index (χ2v) is 2.48. The van der Waals surface area contributed by atoms with E-state index in [1.165, 1.54) is 0 Å². The van der Waals surface area contributed by atoms with Gasteiger partial charge in [0.25, 0.3) is 0 Å². The van der Waals surface area contributed by atoms with Crippen molar-refractivity contribution in [2.75, 3.05) is 6.54 Å². The maximum absolute atomic E-state index is 5.53. The Morgan fingerprint density at radius 1 is 1.27 bits per heavy atom. The Morgan fingerprint density at radius 3 is 2.36 bits per heavy atom. The zero-order valence-electron chi connectivity index (χ0n) is 7.01. The van der Waals surface area contributed by atoms with Gasteiger partial charge in [0.05, 0.1) is 0 Å². The highest BCUT2D eigenvalue weighted by Gasteiger charge is 2.00. The van der Waals surface area contributed by atoms with Gasteiger partial charge in [-0.2, -0.15) is 0 Å². The van der Waals surface area contributed by atoms with E-state index in [1.54, 1.807) is 0 Å². The molecular formula is C6H19N5. The SMILES string of the molecule is CCCCNC(N)NC(N)N. The Hall–Kier alpha value is -0.200. The molecule has 0 amide bonds. The average molecular weight is 161 g/mol. The molecule has 0 aromatic heterocycles. The van der Waals surface area contributed by atoms with E-state index in [4.69, 9.17) is 17.2 Å². The summed E-state index contributed by atoms with van der Waals surface area (Å²) in [5, 5.41) is 5.75. The van der Waals surface area contributed by atoms with Crippen molar-refractivity contribution in [2.45, 2.75) is 32.3 Å². The minimum absolute atomic E-state index is 0.304. The van der Waals surface area contributed by atoms with Gasteiger partial charge < -0.3 is 17.2 Å². The van der Waals surface area contributed by atoms with Crippen LogP contribution >= 0.6 is 0 Å². The van der Waals surface area contributed by atoms with E-state index in [0.29, 0.717) is 0 Å². The molecule has 0 aliphatic heterocycles.